The van der Waals surface area contributed by atoms with Crippen LogP contribution in [-0.2, 0) is 12.8 Å². The van der Waals surface area contributed by atoms with Crippen molar-refractivity contribution in [3.8, 4) is 6.07 Å². The number of aryl methyl sites for hydroxylation is 1. The molecule has 1 aromatic heterocycles. The van der Waals surface area contributed by atoms with Crippen molar-refractivity contribution < 1.29 is 0 Å². The van der Waals surface area contributed by atoms with Crippen LogP contribution in [-0.4, -0.2) is 4.98 Å². The summed E-state index contributed by atoms with van der Waals surface area (Å²) in [6.45, 7) is 2.20. The van der Waals surface area contributed by atoms with E-state index in [0.29, 0.717) is 11.4 Å². The van der Waals surface area contributed by atoms with E-state index in [4.69, 9.17) is 11.0 Å². The van der Waals surface area contributed by atoms with Crippen LogP contribution in [0.5, 0.6) is 0 Å². The van der Waals surface area contributed by atoms with Gasteiger partial charge in [0.15, 0.2) is 0 Å². The predicted octanol–water partition coefficient (Wildman–Crippen LogP) is 5.01. The molecular formula is C22H23N3. The molecule has 0 aliphatic rings. The lowest BCUT2D eigenvalue weighted by atomic mass is 9.97. The van der Waals surface area contributed by atoms with Crippen LogP contribution in [0.4, 0.5) is 5.82 Å². The standard InChI is InChI=1S/C22H23N3/c1-2-3-4-9-19-14-20-18(10-6-11-21(20)25-22(19)24)13-16-7-5-8-17(12-16)15-23/h5-8,10-12,14H,2-4,9,13H2,1H3,(H2,24,25). The van der Waals surface area contributed by atoms with Gasteiger partial charge in [0, 0.05) is 5.39 Å². The smallest absolute Gasteiger partial charge is 0.127 e. The maximum Gasteiger partial charge on any atom is 0.127 e. The average Bonchev–Trinajstić information content (AvgIpc) is 2.63. The van der Waals surface area contributed by atoms with Gasteiger partial charge in [-0.25, -0.2) is 4.98 Å². The number of nitrogens with zero attached hydrogens (tertiary/aromatic N) is 2. The van der Waals surface area contributed by atoms with Crippen LogP contribution >= 0.6 is 0 Å². The monoisotopic (exact) mass is 329 g/mol. The first-order valence-corrected chi connectivity index (χ1v) is 8.87. The summed E-state index contributed by atoms with van der Waals surface area (Å²) in [4.78, 5) is 4.62. The predicted molar refractivity (Wildman–Crippen MR) is 103 cm³/mol. The van der Waals surface area contributed by atoms with Gasteiger partial charge < -0.3 is 5.73 Å². The molecule has 0 atom stereocenters. The highest BCUT2D eigenvalue weighted by Gasteiger charge is 2.08. The Kier molecular flexibility index (Phi) is 5.30. The van der Waals surface area contributed by atoms with Gasteiger partial charge in [0.05, 0.1) is 17.1 Å². The summed E-state index contributed by atoms with van der Waals surface area (Å²) in [7, 11) is 0. The number of nitrogen functional groups attached to an aromatic ring is 1. The Morgan fingerprint density at radius 2 is 1.88 bits per heavy atom. The molecular weight excluding hydrogens is 306 g/mol. The lowest BCUT2D eigenvalue weighted by Crippen LogP contribution is -2.00. The zero-order valence-corrected chi connectivity index (χ0v) is 14.6. The summed E-state index contributed by atoms with van der Waals surface area (Å²) in [5.41, 5.74) is 11.3. The minimum Gasteiger partial charge on any atom is -0.383 e. The van der Waals surface area contributed by atoms with E-state index in [-0.39, 0.29) is 0 Å². The Morgan fingerprint density at radius 1 is 1.04 bits per heavy atom. The molecule has 2 N–H and O–H groups in total. The van der Waals surface area contributed by atoms with Crippen molar-refractivity contribution in [1.82, 2.24) is 4.98 Å². The van der Waals surface area contributed by atoms with Crippen molar-refractivity contribution in [3.05, 3.63) is 70.8 Å². The van der Waals surface area contributed by atoms with Crippen molar-refractivity contribution in [1.29, 1.82) is 5.26 Å². The van der Waals surface area contributed by atoms with Crippen molar-refractivity contribution >= 4 is 16.7 Å². The Labute approximate surface area is 149 Å². The molecule has 2 aromatic carbocycles. The molecule has 3 heteroatoms. The van der Waals surface area contributed by atoms with Gasteiger partial charge in [-0.3, -0.25) is 0 Å². The van der Waals surface area contributed by atoms with Gasteiger partial charge in [0.1, 0.15) is 5.82 Å². The van der Waals surface area contributed by atoms with Crippen LogP contribution in [0.15, 0.2) is 48.5 Å². The van der Waals surface area contributed by atoms with E-state index in [9.17, 15) is 0 Å². The second-order valence-electron chi connectivity index (χ2n) is 6.46. The Hall–Kier alpha value is -2.86. The highest BCUT2D eigenvalue weighted by atomic mass is 14.8. The van der Waals surface area contributed by atoms with E-state index in [0.717, 1.165) is 41.3 Å². The van der Waals surface area contributed by atoms with Crippen molar-refractivity contribution in [2.24, 2.45) is 0 Å². The Balaban J connectivity index is 1.97. The van der Waals surface area contributed by atoms with Gasteiger partial charge in [0.2, 0.25) is 0 Å². The molecule has 0 saturated heterocycles. The summed E-state index contributed by atoms with van der Waals surface area (Å²) in [5.74, 6) is 0.646. The number of hydrogen-bond acceptors (Lipinski definition) is 3. The number of fused-ring (bicyclic) bond motifs is 1. The summed E-state index contributed by atoms with van der Waals surface area (Å²) in [6, 6.07) is 18.4. The van der Waals surface area contributed by atoms with Crippen LogP contribution in [0.3, 0.4) is 0 Å². The summed E-state index contributed by atoms with van der Waals surface area (Å²) in [6.07, 6.45) is 5.30. The van der Waals surface area contributed by atoms with Gasteiger partial charge in [-0.1, -0.05) is 44.0 Å². The van der Waals surface area contributed by atoms with Crippen LogP contribution in [0.1, 0.15) is 48.4 Å². The number of nitrogens with two attached hydrogens (primary N) is 1. The first-order chi connectivity index (χ1) is 12.2. The lowest BCUT2D eigenvalue weighted by molar-refractivity contribution is 0.717. The fourth-order valence-electron chi connectivity index (χ4n) is 3.20. The van der Waals surface area contributed by atoms with Gasteiger partial charge in [-0.15, -0.1) is 0 Å². The lowest BCUT2D eigenvalue weighted by Gasteiger charge is -2.11. The van der Waals surface area contributed by atoms with Gasteiger partial charge in [-0.2, -0.15) is 5.26 Å². The molecule has 0 bridgehead atoms. The molecule has 0 amide bonds. The van der Waals surface area contributed by atoms with E-state index in [1.54, 1.807) is 0 Å². The molecule has 0 saturated carbocycles. The molecule has 0 radical (unpaired) electrons. The molecule has 1 heterocycles. The van der Waals surface area contributed by atoms with Gasteiger partial charge in [-0.05, 0) is 60.2 Å². The van der Waals surface area contributed by atoms with E-state index in [2.05, 4.69) is 36.2 Å². The third-order valence-corrected chi connectivity index (χ3v) is 4.56. The number of aromatic nitrogens is 1. The number of benzene rings is 2. The number of anilines is 1. The second-order valence-corrected chi connectivity index (χ2v) is 6.46. The Bertz CT molecular complexity index is 922. The first-order valence-electron chi connectivity index (χ1n) is 8.87. The number of rotatable bonds is 6. The van der Waals surface area contributed by atoms with Crippen molar-refractivity contribution in [2.75, 3.05) is 5.73 Å². The first kappa shape index (κ1) is 17.0. The molecule has 25 heavy (non-hydrogen) atoms. The topological polar surface area (TPSA) is 62.7 Å². The number of pyridine rings is 1. The number of unbranched alkanes of at least 4 members (excludes halogenated alkanes) is 2. The quantitative estimate of drug-likeness (QED) is 0.646. The van der Waals surface area contributed by atoms with Crippen LogP contribution in [0.25, 0.3) is 10.9 Å². The highest BCUT2D eigenvalue weighted by molar-refractivity contribution is 5.85. The largest absolute Gasteiger partial charge is 0.383 e. The maximum absolute atomic E-state index is 9.10. The van der Waals surface area contributed by atoms with Gasteiger partial charge >= 0.3 is 0 Å². The zero-order chi connectivity index (χ0) is 17.6. The summed E-state index contributed by atoms with van der Waals surface area (Å²) in [5, 5.41) is 10.3. The molecule has 126 valence electrons. The number of nitriles is 1. The highest BCUT2D eigenvalue weighted by Crippen LogP contribution is 2.25. The van der Waals surface area contributed by atoms with Crippen molar-refractivity contribution in [3.63, 3.8) is 0 Å². The molecule has 0 aliphatic carbocycles. The number of hydrogen-bond donors (Lipinski definition) is 1. The van der Waals surface area contributed by atoms with E-state index < -0.39 is 0 Å². The van der Waals surface area contributed by atoms with E-state index >= 15 is 0 Å². The van der Waals surface area contributed by atoms with Crippen molar-refractivity contribution in [2.45, 2.75) is 39.0 Å². The third kappa shape index (κ3) is 3.97. The zero-order valence-electron chi connectivity index (χ0n) is 14.6. The van der Waals surface area contributed by atoms with E-state index in [1.807, 2.05) is 30.3 Å². The Morgan fingerprint density at radius 3 is 2.68 bits per heavy atom. The minimum atomic E-state index is 0.646. The van der Waals surface area contributed by atoms with Gasteiger partial charge in [0.25, 0.3) is 0 Å². The van der Waals surface area contributed by atoms with E-state index in [1.165, 1.54) is 18.4 Å². The second kappa shape index (κ2) is 7.81. The average molecular weight is 329 g/mol. The molecule has 3 nitrogen and oxygen atoms in total. The molecule has 0 unspecified atom stereocenters. The molecule has 0 aliphatic heterocycles. The normalized spacial score (nSPS) is 10.7. The minimum absolute atomic E-state index is 0.646. The molecule has 0 spiro atoms. The molecule has 0 fully saturated rings. The fraction of sp³-hybridized carbons (Fsp3) is 0.273. The molecule has 3 rings (SSSR count). The fourth-order valence-corrected chi connectivity index (χ4v) is 3.20. The van der Waals surface area contributed by atoms with Crippen LogP contribution in [0.2, 0.25) is 0 Å². The summed E-state index contributed by atoms with van der Waals surface area (Å²) >= 11 is 0. The SMILES string of the molecule is CCCCCc1cc2c(Cc3cccc(C#N)c3)cccc2nc1N. The van der Waals surface area contributed by atoms with Crippen LogP contribution < -0.4 is 5.73 Å². The third-order valence-electron chi connectivity index (χ3n) is 4.56. The van der Waals surface area contributed by atoms with Crippen LogP contribution in [0, 0.1) is 11.3 Å². The maximum atomic E-state index is 9.10. The summed E-state index contributed by atoms with van der Waals surface area (Å²) < 4.78 is 0. The molecule has 3 aromatic rings.